The number of allylic oxidation sites excluding steroid dienone is 10. The summed E-state index contributed by atoms with van der Waals surface area (Å²) in [6, 6.07) is 0. The molecule has 0 radical (unpaired) electrons. The minimum absolute atomic E-state index is 0.0633. The van der Waals surface area contributed by atoms with Crippen molar-refractivity contribution in [3.05, 3.63) is 83.1 Å². The largest absolute Gasteiger partial charge is 0.462 e. The minimum Gasteiger partial charge on any atom is -0.462 e. The van der Waals surface area contributed by atoms with Crippen molar-refractivity contribution in [1.82, 2.24) is 0 Å². The van der Waals surface area contributed by atoms with E-state index in [2.05, 4.69) is 19.9 Å². The number of hydrogen-bond acceptors (Lipinski definition) is 9. The highest BCUT2D eigenvalue weighted by Crippen LogP contribution is 2.26. The van der Waals surface area contributed by atoms with Gasteiger partial charge in [0.05, 0.1) is 30.5 Å². The zero-order valence-electron chi connectivity index (χ0n) is 33.1. The number of carbonyl (C=O) groups is 2. The lowest BCUT2D eigenvalue weighted by Gasteiger charge is -2.26. The van der Waals surface area contributed by atoms with Gasteiger partial charge in [0.25, 0.3) is 0 Å². The molecule has 0 saturated carbocycles. The van der Waals surface area contributed by atoms with Gasteiger partial charge in [-0.15, -0.1) is 0 Å². The second-order valence-electron chi connectivity index (χ2n) is 15.1. The van der Waals surface area contributed by atoms with Gasteiger partial charge in [-0.1, -0.05) is 97.7 Å². The molecule has 0 spiro atoms. The van der Waals surface area contributed by atoms with Crippen LogP contribution in [0.2, 0.25) is 0 Å². The second-order valence-corrected chi connectivity index (χ2v) is 15.1. The first kappa shape index (κ1) is 46.9. The molecule has 0 aromatic rings. The third-order valence-corrected chi connectivity index (χ3v) is 9.18. The summed E-state index contributed by atoms with van der Waals surface area (Å²) in [5.74, 6) is -0.652. The highest BCUT2D eigenvalue weighted by Gasteiger charge is 2.25. The van der Waals surface area contributed by atoms with Gasteiger partial charge in [-0.3, -0.25) is 4.79 Å². The maximum absolute atomic E-state index is 12.9. The van der Waals surface area contributed by atoms with Crippen LogP contribution in [0.3, 0.4) is 0 Å². The van der Waals surface area contributed by atoms with Crippen LogP contribution in [0.25, 0.3) is 0 Å². The molecule has 9 nitrogen and oxygen atoms in total. The van der Waals surface area contributed by atoms with Crippen LogP contribution in [0.4, 0.5) is 0 Å². The van der Waals surface area contributed by atoms with Gasteiger partial charge < -0.3 is 35.0 Å². The quantitative estimate of drug-likeness (QED) is 0.0455. The number of esters is 2. The third-order valence-electron chi connectivity index (χ3n) is 9.18. The van der Waals surface area contributed by atoms with Crippen molar-refractivity contribution in [3.8, 4) is 0 Å². The molecule has 0 aliphatic carbocycles. The Balaban J connectivity index is 2.79. The van der Waals surface area contributed by atoms with Gasteiger partial charge in [0.1, 0.15) is 12.2 Å². The normalized spacial score (nSPS) is 25.3. The van der Waals surface area contributed by atoms with Gasteiger partial charge in [0.2, 0.25) is 0 Å². The van der Waals surface area contributed by atoms with E-state index in [1.54, 1.807) is 26.0 Å². The molecule has 1 aliphatic heterocycles. The Kier molecular flexibility index (Phi) is 22.6. The monoisotopic (exact) mass is 728 g/mol. The van der Waals surface area contributed by atoms with Crippen LogP contribution >= 0.6 is 0 Å². The molecular weight excluding hydrogens is 660 g/mol. The van der Waals surface area contributed by atoms with Crippen molar-refractivity contribution in [3.63, 3.8) is 0 Å². The molecule has 0 saturated heterocycles. The molecule has 0 aromatic carbocycles. The van der Waals surface area contributed by atoms with E-state index in [4.69, 9.17) is 9.47 Å². The third kappa shape index (κ3) is 20.8. The minimum atomic E-state index is -1.07. The molecule has 9 heteroatoms. The zero-order chi connectivity index (χ0) is 39.4. The Morgan fingerprint density at radius 3 is 2.15 bits per heavy atom. The molecule has 1 heterocycles. The summed E-state index contributed by atoms with van der Waals surface area (Å²) in [5, 5.41) is 49.4. The molecule has 5 N–H and O–H groups in total. The molecule has 0 fully saturated rings. The van der Waals surface area contributed by atoms with Crippen molar-refractivity contribution in [2.45, 2.75) is 156 Å². The SMILES string of the molecule is CC(=C\C=C\C(C)=C\C(O)C(O)CC(C)O)/C=C(C)/C=C/C(=O)OC1CCCC(=O)OC(C(C)C/C(C)=C/C(C)C(O)CC(C)O)C/C=C/CC1C. The molecule has 0 amide bonds. The van der Waals surface area contributed by atoms with Crippen LogP contribution in [0, 0.1) is 17.8 Å². The summed E-state index contributed by atoms with van der Waals surface area (Å²) < 4.78 is 11.8. The van der Waals surface area contributed by atoms with Gasteiger partial charge in [-0.2, -0.15) is 0 Å². The molecule has 1 rings (SSSR count). The van der Waals surface area contributed by atoms with E-state index in [0.717, 1.165) is 35.1 Å². The summed E-state index contributed by atoms with van der Waals surface area (Å²) in [6.45, 7) is 17.0. The Bertz CT molecular complexity index is 1300. The predicted molar refractivity (Wildman–Crippen MR) is 208 cm³/mol. The van der Waals surface area contributed by atoms with Gasteiger partial charge in [0.15, 0.2) is 0 Å². The molecule has 294 valence electrons. The lowest BCUT2D eigenvalue weighted by atomic mass is 9.90. The first-order valence-corrected chi connectivity index (χ1v) is 18.9. The Hall–Kier alpha value is -3.08. The number of rotatable bonds is 17. The van der Waals surface area contributed by atoms with Crippen LogP contribution in [-0.4, -0.2) is 80.2 Å². The first-order valence-electron chi connectivity index (χ1n) is 18.9. The first-order chi connectivity index (χ1) is 24.4. The summed E-state index contributed by atoms with van der Waals surface area (Å²) in [4.78, 5) is 25.7. The smallest absolute Gasteiger partial charge is 0.331 e. The lowest BCUT2D eigenvalue weighted by Crippen LogP contribution is -2.27. The maximum atomic E-state index is 12.9. The van der Waals surface area contributed by atoms with Crippen molar-refractivity contribution >= 4 is 11.9 Å². The number of aliphatic hydroxyl groups is 5. The van der Waals surface area contributed by atoms with Crippen molar-refractivity contribution in [1.29, 1.82) is 0 Å². The average molecular weight is 729 g/mol. The Labute approximate surface area is 313 Å². The standard InChI is InChI=1S/C43H68O9/c1-28(14-12-15-29(2)25-38(47)39(48)27-36(9)45)22-30(3)20-21-43(50)51-40-18-13-19-42(49)52-41(17-11-10-16-32(40)5)34(7)24-31(4)23-33(6)37(46)26-35(8)44/h10-12,14-15,20-23,25,32-41,44-48H,13,16-19,24,26-27H2,1-9H3/b11-10+,15-12+,21-20+,28-14+,29-25+,30-22+,31-23+. The highest BCUT2D eigenvalue weighted by molar-refractivity contribution is 5.82. The fourth-order valence-corrected chi connectivity index (χ4v) is 6.18. The van der Waals surface area contributed by atoms with E-state index in [1.807, 2.05) is 71.1 Å². The van der Waals surface area contributed by atoms with E-state index in [9.17, 15) is 35.1 Å². The lowest BCUT2D eigenvalue weighted by molar-refractivity contribution is -0.151. The van der Waals surface area contributed by atoms with Crippen LogP contribution in [0.5, 0.6) is 0 Å². The number of hydrogen-bond donors (Lipinski definition) is 5. The number of aliphatic hydroxyl groups excluding tert-OH is 5. The second kappa shape index (κ2) is 25.0. The zero-order valence-corrected chi connectivity index (χ0v) is 33.1. The van der Waals surface area contributed by atoms with E-state index < -0.39 is 36.5 Å². The van der Waals surface area contributed by atoms with E-state index in [-0.39, 0.29) is 48.8 Å². The van der Waals surface area contributed by atoms with Crippen molar-refractivity contribution in [2.24, 2.45) is 17.8 Å². The maximum Gasteiger partial charge on any atom is 0.331 e. The average Bonchev–Trinajstić information content (AvgIpc) is 3.03. The predicted octanol–water partition coefficient (Wildman–Crippen LogP) is 7.15. The van der Waals surface area contributed by atoms with Crippen LogP contribution in [-0.2, 0) is 19.1 Å². The summed E-state index contributed by atoms with van der Waals surface area (Å²) in [6.07, 6.45) is 17.5. The van der Waals surface area contributed by atoms with Crippen molar-refractivity contribution in [2.75, 3.05) is 0 Å². The van der Waals surface area contributed by atoms with Gasteiger partial charge in [0, 0.05) is 31.3 Å². The van der Waals surface area contributed by atoms with E-state index in [1.165, 1.54) is 6.08 Å². The fraction of sp³-hybridized carbons (Fsp3) is 0.628. The summed E-state index contributed by atoms with van der Waals surface area (Å²) in [7, 11) is 0. The fourth-order valence-electron chi connectivity index (χ4n) is 6.18. The topological polar surface area (TPSA) is 154 Å². The molecule has 1 aliphatic rings. The van der Waals surface area contributed by atoms with Gasteiger partial charge in [-0.25, -0.2) is 4.79 Å². The number of carbonyl (C=O) groups excluding carboxylic acids is 2. The Morgan fingerprint density at radius 2 is 1.50 bits per heavy atom. The molecule has 10 unspecified atom stereocenters. The summed E-state index contributed by atoms with van der Waals surface area (Å²) in [5.41, 5.74) is 3.68. The van der Waals surface area contributed by atoms with E-state index in [0.29, 0.717) is 25.7 Å². The molecule has 0 bridgehead atoms. The molecular formula is C43H68O9. The van der Waals surface area contributed by atoms with Crippen molar-refractivity contribution < 1.29 is 44.6 Å². The van der Waals surface area contributed by atoms with Crippen LogP contribution < -0.4 is 0 Å². The van der Waals surface area contributed by atoms with Crippen LogP contribution in [0.15, 0.2) is 83.1 Å². The van der Waals surface area contributed by atoms with Gasteiger partial charge in [-0.05, 0) is 85.5 Å². The Morgan fingerprint density at radius 1 is 0.865 bits per heavy atom. The highest BCUT2D eigenvalue weighted by atomic mass is 16.5. The number of ether oxygens (including phenoxy) is 2. The van der Waals surface area contributed by atoms with Gasteiger partial charge >= 0.3 is 11.9 Å². The summed E-state index contributed by atoms with van der Waals surface area (Å²) >= 11 is 0. The number of cyclic esters (lactones) is 1. The molecule has 0 aromatic heterocycles. The van der Waals surface area contributed by atoms with Crippen LogP contribution in [0.1, 0.15) is 114 Å². The molecule has 52 heavy (non-hydrogen) atoms. The molecule has 10 atom stereocenters. The van der Waals surface area contributed by atoms with E-state index >= 15 is 0 Å².